The summed E-state index contributed by atoms with van der Waals surface area (Å²) in [5, 5.41) is 10.4. The van der Waals surface area contributed by atoms with E-state index >= 15 is 0 Å². The van der Waals surface area contributed by atoms with Gasteiger partial charge in [0.25, 0.3) is 5.91 Å². The average Bonchev–Trinajstić information content (AvgIpc) is 3.29. The number of thioether (sulfide) groups is 1. The van der Waals surface area contributed by atoms with Gasteiger partial charge in [0.1, 0.15) is 5.25 Å². The van der Waals surface area contributed by atoms with E-state index in [2.05, 4.69) is 11.1 Å². The number of carbonyl (C=O) groups is 2. The molecule has 1 saturated heterocycles. The van der Waals surface area contributed by atoms with E-state index in [1.54, 1.807) is 30.5 Å². The van der Waals surface area contributed by atoms with Gasteiger partial charge in [-0.05, 0) is 30.3 Å². The first-order valence-corrected chi connectivity index (χ1v) is 12.4. The van der Waals surface area contributed by atoms with Gasteiger partial charge in [0.05, 0.1) is 42.5 Å². The van der Waals surface area contributed by atoms with Gasteiger partial charge in [-0.2, -0.15) is 5.26 Å². The molecule has 0 bridgehead atoms. The minimum Gasteiger partial charge on any atom is -0.494 e. The number of hydrogen-bond donors (Lipinski definition) is 0. The summed E-state index contributed by atoms with van der Waals surface area (Å²) in [6, 6.07) is 8.63. The van der Waals surface area contributed by atoms with Crippen molar-refractivity contribution in [1.82, 2.24) is 9.88 Å². The van der Waals surface area contributed by atoms with Gasteiger partial charge < -0.3 is 9.64 Å². The molecule has 3 amide bonds. The van der Waals surface area contributed by atoms with Gasteiger partial charge in [0.15, 0.2) is 11.6 Å². The Bertz CT molecular complexity index is 1490. The molecule has 2 unspecified atom stereocenters. The molecular weight excluding hydrogens is 526 g/mol. The van der Waals surface area contributed by atoms with Crippen molar-refractivity contribution in [2.45, 2.75) is 17.7 Å². The first-order valence-electron chi connectivity index (χ1n) is 10.8. The van der Waals surface area contributed by atoms with Crippen molar-refractivity contribution in [1.29, 1.82) is 5.26 Å². The fourth-order valence-corrected chi connectivity index (χ4v) is 6.22. The number of halogens is 3. The number of fused-ring (bicyclic) bond motifs is 2. The monoisotopic (exact) mass is 542 g/mol. The van der Waals surface area contributed by atoms with Gasteiger partial charge in [-0.15, -0.1) is 11.8 Å². The summed E-state index contributed by atoms with van der Waals surface area (Å²) in [5.41, 5.74) is 0.792. The van der Waals surface area contributed by atoms with Crippen LogP contribution in [0.15, 0.2) is 48.8 Å². The summed E-state index contributed by atoms with van der Waals surface area (Å²) in [6.07, 6.45) is 4.91. The predicted octanol–water partition coefficient (Wildman–Crippen LogP) is 5.90. The third kappa shape index (κ3) is 4.05. The maximum atomic E-state index is 14.1. The Morgan fingerprint density at radius 1 is 1.22 bits per heavy atom. The molecule has 2 aliphatic rings. The number of urea groups is 1. The summed E-state index contributed by atoms with van der Waals surface area (Å²) in [7, 11) is 1.35. The molecule has 1 fully saturated rings. The maximum absolute atomic E-state index is 14.1. The lowest BCUT2D eigenvalue weighted by molar-refractivity contribution is -0.119. The van der Waals surface area contributed by atoms with Crippen molar-refractivity contribution >= 4 is 68.3 Å². The normalized spacial score (nSPS) is 19.4. The number of methoxy groups -OCH3 is 1. The fourth-order valence-electron chi connectivity index (χ4n) is 4.38. The highest BCUT2D eigenvalue weighted by atomic mass is 35.5. The van der Waals surface area contributed by atoms with Crippen LogP contribution in [-0.4, -0.2) is 46.8 Å². The lowest BCUT2D eigenvalue weighted by atomic mass is 10.0. The molecule has 2 aromatic carbocycles. The summed E-state index contributed by atoms with van der Waals surface area (Å²) in [6.45, 7) is 0.115. The van der Waals surface area contributed by atoms with Crippen LogP contribution in [0.5, 0.6) is 5.75 Å². The van der Waals surface area contributed by atoms with Crippen LogP contribution < -0.4 is 9.64 Å². The van der Waals surface area contributed by atoms with Crippen LogP contribution >= 0.6 is 35.0 Å². The van der Waals surface area contributed by atoms with Crippen LogP contribution in [0.3, 0.4) is 0 Å². The second kappa shape index (κ2) is 9.62. The third-order valence-corrected chi connectivity index (χ3v) is 7.95. The van der Waals surface area contributed by atoms with Crippen molar-refractivity contribution in [3.63, 3.8) is 0 Å². The van der Waals surface area contributed by atoms with Crippen molar-refractivity contribution in [2.75, 3.05) is 18.6 Å². The van der Waals surface area contributed by atoms with Gasteiger partial charge in [-0.1, -0.05) is 29.3 Å². The van der Waals surface area contributed by atoms with Crippen molar-refractivity contribution < 1.29 is 18.7 Å². The average molecular weight is 543 g/mol. The molecule has 0 spiro atoms. The number of benzene rings is 2. The molecule has 7 nitrogen and oxygen atoms in total. The summed E-state index contributed by atoms with van der Waals surface area (Å²) < 4.78 is 19.2. The van der Waals surface area contributed by atoms with Crippen LogP contribution in [0.2, 0.25) is 10.0 Å². The SMILES string of the molecule is COc1cc(C2=CC3C(S2)C(=O)N(c2cncc4ccc(Cl)cc24)C(=O)N3CCC#N)c(Cl)cc1F. The zero-order valence-electron chi connectivity index (χ0n) is 18.7. The minimum atomic E-state index is -0.710. The van der Waals surface area contributed by atoms with Crippen LogP contribution in [0.4, 0.5) is 14.9 Å². The quantitative estimate of drug-likeness (QED) is 0.399. The van der Waals surface area contributed by atoms with Crippen molar-refractivity contribution in [2.24, 2.45) is 0 Å². The van der Waals surface area contributed by atoms with Crippen LogP contribution in [-0.2, 0) is 4.79 Å². The van der Waals surface area contributed by atoms with E-state index in [0.29, 0.717) is 32.0 Å². The Kier molecular flexibility index (Phi) is 6.51. The highest BCUT2D eigenvalue weighted by Gasteiger charge is 2.50. The highest BCUT2D eigenvalue weighted by Crippen LogP contribution is 2.48. The molecule has 3 heterocycles. The molecule has 11 heteroatoms. The summed E-state index contributed by atoms with van der Waals surface area (Å²) in [4.78, 5) is 34.9. The smallest absolute Gasteiger partial charge is 0.332 e. The molecule has 0 radical (unpaired) electrons. The summed E-state index contributed by atoms with van der Waals surface area (Å²) in [5.74, 6) is -1.04. The van der Waals surface area contributed by atoms with Gasteiger partial charge in [-0.3, -0.25) is 9.78 Å². The molecule has 2 atom stereocenters. The van der Waals surface area contributed by atoms with Gasteiger partial charge in [0, 0.05) is 39.0 Å². The predicted molar refractivity (Wildman–Crippen MR) is 138 cm³/mol. The number of carbonyl (C=O) groups excluding carboxylic acids is 2. The molecule has 5 rings (SSSR count). The Hall–Kier alpha value is -3.32. The minimum absolute atomic E-state index is 0.00912. The fraction of sp³-hybridized carbons (Fsp3) is 0.200. The second-order valence-corrected chi connectivity index (χ2v) is 10.1. The van der Waals surface area contributed by atoms with Crippen molar-refractivity contribution in [3.8, 4) is 11.8 Å². The number of rotatable bonds is 5. The van der Waals surface area contributed by atoms with Crippen LogP contribution in [0.1, 0.15) is 12.0 Å². The molecule has 0 N–H and O–H groups in total. The van der Waals surface area contributed by atoms with E-state index in [1.165, 1.54) is 36.0 Å². The number of imide groups is 1. The van der Waals surface area contributed by atoms with Crippen LogP contribution in [0.25, 0.3) is 15.7 Å². The number of aromatic nitrogens is 1. The molecule has 36 heavy (non-hydrogen) atoms. The second-order valence-electron chi connectivity index (χ2n) is 8.11. The lowest BCUT2D eigenvalue weighted by Crippen LogP contribution is -2.62. The Morgan fingerprint density at radius 2 is 2.03 bits per heavy atom. The topological polar surface area (TPSA) is 86.5 Å². The Balaban J connectivity index is 1.60. The highest BCUT2D eigenvalue weighted by molar-refractivity contribution is 8.09. The standard InChI is InChI=1S/C25H17Cl2FN4O3S/c1-35-21-8-16(17(27)9-18(21)28)22-10-19-23(36-22)24(33)32(25(34)31(19)6-2-5-29)20-12-30-11-13-3-4-14(26)7-15(13)20/h3-4,7-12,19,23H,2,6H2,1H3. The van der Waals surface area contributed by atoms with Crippen LogP contribution in [0, 0.1) is 17.1 Å². The molecule has 0 saturated carbocycles. The lowest BCUT2D eigenvalue weighted by Gasteiger charge is -2.41. The number of pyridine rings is 1. The van der Waals surface area contributed by atoms with Crippen molar-refractivity contribution in [3.05, 3.63) is 70.2 Å². The Morgan fingerprint density at radius 3 is 2.78 bits per heavy atom. The van der Waals surface area contributed by atoms with E-state index in [-0.39, 0.29) is 23.7 Å². The number of hydrogen-bond acceptors (Lipinski definition) is 6. The van der Waals surface area contributed by atoms with E-state index < -0.39 is 29.0 Å². The number of nitriles is 1. The zero-order valence-corrected chi connectivity index (χ0v) is 21.1. The third-order valence-electron chi connectivity index (χ3n) is 6.06. The largest absolute Gasteiger partial charge is 0.494 e. The number of anilines is 1. The van der Waals surface area contributed by atoms with Gasteiger partial charge >= 0.3 is 6.03 Å². The summed E-state index contributed by atoms with van der Waals surface area (Å²) >= 11 is 13.8. The number of ether oxygens (including phenoxy) is 1. The Labute approximate surface area is 220 Å². The van der Waals surface area contributed by atoms with E-state index in [1.807, 2.05) is 0 Å². The van der Waals surface area contributed by atoms with E-state index in [4.69, 9.17) is 27.9 Å². The maximum Gasteiger partial charge on any atom is 0.332 e. The molecule has 182 valence electrons. The number of nitrogens with zero attached hydrogens (tertiary/aromatic N) is 4. The first kappa shape index (κ1) is 24.4. The van der Waals surface area contributed by atoms with Gasteiger partial charge in [0.2, 0.25) is 0 Å². The zero-order chi connectivity index (χ0) is 25.6. The molecule has 1 aromatic heterocycles. The molecule has 2 aliphatic heterocycles. The molecule has 0 aliphatic carbocycles. The van der Waals surface area contributed by atoms with Gasteiger partial charge in [-0.25, -0.2) is 14.1 Å². The molecule has 3 aromatic rings. The first-order chi connectivity index (χ1) is 17.3. The molecular formula is C25H17Cl2FN4O3S. The van der Waals surface area contributed by atoms with E-state index in [9.17, 15) is 19.2 Å². The number of amides is 3. The van der Waals surface area contributed by atoms with E-state index in [0.717, 1.165) is 11.0 Å².